The zero-order valence-electron chi connectivity index (χ0n) is 19.9. The lowest BCUT2D eigenvalue weighted by molar-refractivity contribution is 0.0785. The lowest BCUT2D eigenvalue weighted by Gasteiger charge is -2.40. The predicted molar refractivity (Wildman–Crippen MR) is 130 cm³/mol. The molecular weight excluding hydrogens is 491 g/mol. The number of carbonyl (C=O) groups excluding carboxylic acids is 1. The first kappa shape index (κ1) is 26.3. The zero-order valence-corrected chi connectivity index (χ0v) is 19.9. The molecule has 0 bridgehead atoms. The van der Waals surface area contributed by atoms with E-state index < -0.39 is 46.8 Å². The number of benzene rings is 1. The molecule has 1 saturated heterocycles. The minimum absolute atomic E-state index is 0.119. The number of aliphatic hydroxyl groups excluding tert-OH is 2. The molecule has 0 spiro atoms. The second-order valence-electron chi connectivity index (χ2n) is 8.74. The number of ether oxygens (including phenoxy) is 1. The van der Waals surface area contributed by atoms with Crippen LogP contribution in [0.25, 0.3) is 11.3 Å². The summed E-state index contributed by atoms with van der Waals surface area (Å²) in [5.74, 6) is -4.39. The number of pyridine rings is 2. The Morgan fingerprint density at radius 2 is 1.92 bits per heavy atom. The summed E-state index contributed by atoms with van der Waals surface area (Å²) in [4.78, 5) is 22.9. The van der Waals surface area contributed by atoms with E-state index in [1.165, 1.54) is 6.20 Å². The van der Waals surface area contributed by atoms with Gasteiger partial charge in [-0.05, 0) is 18.2 Å². The highest BCUT2D eigenvalue weighted by Crippen LogP contribution is 2.32. The number of anilines is 2. The Bertz CT molecular complexity index is 1260. The van der Waals surface area contributed by atoms with Crippen molar-refractivity contribution in [1.29, 1.82) is 0 Å². The number of amides is 1. The summed E-state index contributed by atoms with van der Waals surface area (Å²) in [7, 11) is 0. The summed E-state index contributed by atoms with van der Waals surface area (Å²) in [6.45, 7) is 2.15. The highest BCUT2D eigenvalue weighted by molar-refractivity contribution is 6.04. The number of nitrogens with two attached hydrogens (primary N) is 1. The van der Waals surface area contributed by atoms with E-state index in [0.29, 0.717) is 24.5 Å². The summed E-state index contributed by atoms with van der Waals surface area (Å²) in [5.41, 5.74) is 5.25. The van der Waals surface area contributed by atoms with Gasteiger partial charge in [-0.1, -0.05) is 6.92 Å². The standard InChI is InChI=1S/C25H26F3N5O4/c1-13-11-33(12-18(29)24(13)35)21-4-5-30-10-20(21)32-25(36)19-3-2-15(26)23(31-19)22-16(27)8-14(9-17(22)28)37-7-6-34/h2-5,8-10,13,18,24,34-35H,6-7,11-12,29H2,1H3,(H,32,36). The Morgan fingerprint density at radius 3 is 2.59 bits per heavy atom. The molecule has 2 aromatic heterocycles. The third kappa shape index (κ3) is 5.66. The fourth-order valence-electron chi connectivity index (χ4n) is 4.22. The van der Waals surface area contributed by atoms with Gasteiger partial charge in [0.1, 0.15) is 41.2 Å². The Hall–Kier alpha value is -3.74. The van der Waals surface area contributed by atoms with Crippen LogP contribution in [0.4, 0.5) is 24.5 Å². The van der Waals surface area contributed by atoms with E-state index in [0.717, 1.165) is 24.3 Å². The third-order valence-electron chi connectivity index (χ3n) is 6.04. The van der Waals surface area contributed by atoms with Crippen LogP contribution in [0.3, 0.4) is 0 Å². The molecule has 1 fully saturated rings. The average molecular weight is 518 g/mol. The number of aromatic nitrogens is 2. The van der Waals surface area contributed by atoms with Gasteiger partial charge in [-0.15, -0.1) is 0 Å². The minimum Gasteiger partial charge on any atom is -0.491 e. The molecule has 196 valence electrons. The molecule has 1 aliphatic heterocycles. The van der Waals surface area contributed by atoms with E-state index in [-0.39, 0.29) is 30.6 Å². The maximum absolute atomic E-state index is 14.7. The minimum atomic E-state index is -1.15. The van der Waals surface area contributed by atoms with Gasteiger partial charge in [0.15, 0.2) is 0 Å². The van der Waals surface area contributed by atoms with Gasteiger partial charge in [0.2, 0.25) is 0 Å². The lowest BCUT2D eigenvalue weighted by Crippen LogP contribution is -2.55. The highest BCUT2D eigenvalue weighted by Gasteiger charge is 2.32. The number of piperidine rings is 1. The predicted octanol–water partition coefficient (Wildman–Crippen LogP) is 2.33. The molecule has 3 atom stereocenters. The van der Waals surface area contributed by atoms with Gasteiger partial charge >= 0.3 is 0 Å². The van der Waals surface area contributed by atoms with Crippen molar-refractivity contribution in [1.82, 2.24) is 9.97 Å². The quantitative estimate of drug-likeness (QED) is 0.375. The first-order valence-electron chi connectivity index (χ1n) is 11.5. The van der Waals surface area contributed by atoms with Crippen molar-refractivity contribution in [2.24, 2.45) is 11.7 Å². The van der Waals surface area contributed by atoms with E-state index in [1.54, 1.807) is 12.3 Å². The van der Waals surface area contributed by atoms with Gasteiger partial charge in [-0.3, -0.25) is 9.78 Å². The van der Waals surface area contributed by atoms with Crippen LogP contribution in [0.1, 0.15) is 17.4 Å². The van der Waals surface area contributed by atoms with Gasteiger partial charge in [0, 0.05) is 43.4 Å². The van der Waals surface area contributed by atoms with Gasteiger partial charge in [0.25, 0.3) is 5.91 Å². The maximum Gasteiger partial charge on any atom is 0.274 e. The van der Waals surface area contributed by atoms with Gasteiger partial charge in [0.05, 0.1) is 35.8 Å². The van der Waals surface area contributed by atoms with Crippen LogP contribution in [-0.4, -0.2) is 64.5 Å². The van der Waals surface area contributed by atoms with Gasteiger partial charge < -0.3 is 30.9 Å². The fourth-order valence-corrected chi connectivity index (χ4v) is 4.22. The second-order valence-corrected chi connectivity index (χ2v) is 8.74. The number of halogens is 3. The fraction of sp³-hybridized carbons (Fsp3) is 0.320. The van der Waals surface area contributed by atoms with E-state index >= 15 is 0 Å². The highest BCUT2D eigenvalue weighted by atomic mass is 19.1. The molecule has 0 radical (unpaired) electrons. The topological polar surface area (TPSA) is 134 Å². The molecule has 0 saturated carbocycles. The molecule has 9 nitrogen and oxygen atoms in total. The van der Waals surface area contributed by atoms with Crippen LogP contribution in [0, 0.1) is 23.4 Å². The van der Waals surface area contributed by atoms with Crippen LogP contribution >= 0.6 is 0 Å². The summed E-state index contributed by atoms with van der Waals surface area (Å²) >= 11 is 0. The second kappa shape index (κ2) is 11.1. The Kier molecular flexibility index (Phi) is 7.91. The van der Waals surface area contributed by atoms with Crippen molar-refractivity contribution in [3.8, 4) is 17.0 Å². The number of rotatable bonds is 7. The molecule has 4 rings (SSSR count). The SMILES string of the molecule is CC1CN(c2ccncc2NC(=O)c2ccc(F)c(-c3c(F)cc(OCCO)cc3F)n2)CC(N)C1O. The summed E-state index contributed by atoms with van der Waals surface area (Å²) < 4.78 is 49.0. The Balaban J connectivity index is 1.61. The van der Waals surface area contributed by atoms with Crippen molar-refractivity contribution in [2.75, 3.05) is 36.5 Å². The van der Waals surface area contributed by atoms with Crippen molar-refractivity contribution in [3.05, 3.63) is 65.9 Å². The smallest absolute Gasteiger partial charge is 0.274 e. The maximum atomic E-state index is 14.7. The van der Waals surface area contributed by atoms with Crippen LogP contribution in [-0.2, 0) is 0 Å². The molecule has 1 aromatic carbocycles. The molecular formula is C25H26F3N5O4. The van der Waals surface area contributed by atoms with Crippen LogP contribution < -0.4 is 20.7 Å². The van der Waals surface area contributed by atoms with Gasteiger partial charge in [-0.25, -0.2) is 18.2 Å². The normalized spacial score (nSPS) is 19.5. The number of nitrogens with zero attached hydrogens (tertiary/aromatic N) is 3. The van der Waals surface area contributed by atoms with Crippen molar-refractivity contribution in [2.45, 2.75) is 19.1 Å². The average Bonchev–Trinajstić information content (AvgIpc) is 2.86. The zero-order chi connectivity index (χ0) is 26.7. The van der Waals surface area contributed by atoms with E-state index in [4.69, 9.17) is 15.6 Å². The molecule has 0 aliphatic carbocycles. The molecule has 5 N–H and O–H groups in total. The van der Waals surface area contributed by atoms with E-state index in [9.17, 15) is 23.1 Å². The molecule has 37 heavy (non-hydrogen) atoms. The van der Waals surface area contributed by atoms with Crippen LogP contribution in [0.2, 0.25) is 0 Å². The van der Waals surface area contributed by atoms with Crippen LogP contribution in [0.15, 0.2) is 42.7 Å². The van der Waals surface area contributed by atoms with E-state index in [2.05, 4.69) is 15.3 Å². The number of hydrogen-bond donors (Lipinski definition) is 4. The number of aliphatic hydroxyl groups is 2. The number of hydrogen-bond acceptors (Lipinski definition) is 8. The number of nitrogens with one attached hydrogen (secondary N) is 1. The first-order valence-corrected chi connectivity index (χ1v) is 11.5. The van der Waals surface area contributed by atoms with Gasteiger partial charge in [-0.2, -0.15) is 0 Å². The molecule has 12 heteroatoms. The van der Waals surface area contributed by atoms with Crippen molar-refractivity contribution >= 4 is 17.3 Å². The first-order chi connectivity index (χ1) is 17.7. The Labute approximate surface area is 210 Å². The largest absolute Gasteiger partial charge is 0.491 e. The molecule has 3 heterocycles. The summed E-state index contributed by atoms with van der Waals surface area (Å²) in [5, 5.41) is 21.6. The molecule has 3 aromatic rings. The molecule has 1 aliphatic rings. The molecule has 1 amide bonds. The van der Waals surface area contributed by atoms with Crippen LogP contribution in [0.5, 0.6) is 5.75 Å². The lowest BCUT2D eigenvalue weighted by atomic mass is 9.92. The summed E-state index contributed by atoms with van der Waals surface area (Å²) in [6.07, 6.45) is 2.30. The monoisotopic (exact) mass is 517 g/mol. The third-order valence-corrected chi connectivity index (χ3v) is 6.04. The Morgan fingerprint density at radius 1 is 1.19 bits per heavy atom. The number of carbonyl (C=O) groups is 1. The van der Waals surface area contributed by atoms with E-state index in [1.807, 2.05) is 11.8 Å². The summed E-state index contributed by atoms with van der Waals surface area (Å²) in [6, 6.07) is 4.85. The van der Waals surface area contributed by atoms with Crippen molar-refractivity contribution < 1.29 is 32.9 Å². The van der Waals surface area contributed by atoms with Crippen molar-refractivity contribution in [3.63, 3.8) is 0 Å². The molecule has 3 unspecified atom stereocenters.